The highest BCUT2D eigenvalue weighted by Gasteiger charge is 2.15. The monoisotopic (exact) mass is 421 g/mol. The Balaban J connectivity index is 1.52. The van der Waals surface area contributed by atoms with Crippen molar-refractivity contribution in [3.05, 3.63) is 65.0 Å². The number of anilines is 1. The van der Waals surface area contributed by atoms with Crippen LogP contribution in [0.15, 0.2) is 64.9 Å². The van der Waals surface area contributed by atoms with Gasteiger partial charge in [-0.25, -0.2) is 18.1 Å². The van der Waals surface area contributed by atoms with Gasteiger partial charge in [0.15, 0.2) is 5.13 Å². The van der Waals surface area contributed by atoms with Crippen molar-refractivity contribution in [3.8, 4) is 11.3 Å². The van der Waals surface area contributed by atoms with Crippen molar-refractivity contribution in [2.24, 2.45) is 0 Å². The van der Waals surface area contributed by atoms with E-state index in [-0.39, 0.29) is 23.8 Å². The molecule has 2 aromatic carbocycles. The second kappa shape index (κ2) is 8.62. The fraction of sp³-hybridized carbons (Fsp3) is 0.111. The van der Waals surface area contributed by atoms with Crippen molar-refractivity contribution in [2.75, 3.05) is 11.9 Å². The van der Waals surface area contributed by atoms with Crippen LogP contribution < -0.4 is 10.0 Å². The van der Waals surface area contributed by atoms with Gasteiger partial charge in [0.25, 0.3) is 0 Å². The molecule has 0 aliphatic heterocycles. The van der Waals surface area contributed by atoms with E-state index in [0.29, 0.717) is 10.2 Å². The normalized spacial score (nSPS) is 11.3. The Morgan fingerprint density at radius 1 is 1.11 bits per heavy atom. The first-order valence-electron chi connectivity index (χ1n) is 8.00. The maximum absolute atomic E-state index is 12.2. The third-order valence-corrected chi connectivity index (χ3v) is 6.02. The number of benzene rings is 2. The number of carbonyl (C=O) groups excluding carboxylic acids is 1. The van der Waals surface area contributed by atoms with Crippen LogP contribution in [0.4, 0.5) is 5.13 Å². The predicted octanol–water partition coefficient (Wildman–Crippen LogP) is 3.77. The fourth-order valence-corrected chi connectivity index (χ4v) is 4.34. The molecule has 1 amide bonds. The quantitative estimate of drug-likeness (QED) is 0.607. The first-order valence-corrected chi connectivity index (χ1v) is 10.7. The lowest BCUT2D eigenvalue weighted by molar-refractivity contribution is -0.116. The zero-order valence-corrected chi connectivity index (χ0v) is 16.4. The first-order chi connectivity index (χ1) is 12.9. The molecule has 2 N–H and O–H groups in total. The van der Waals surface area contributed by atoms with Crippen LogP contribution in [0.5, 0.6) is 0 Å². The molecule has 3 aromatic rings. The van der Waals surface area contributed by atoms with E-state index in [2.05, 4.69) is 15.0 Å². The van der Waals surface area contributed by atoms with Crippen molar-refractivity contribution in [2.45, 2.75) is 11.3 Å². The summed E-state index contributed by atoms with van der Waals surface area (Å²) >= 11 is 7.12. The molecule has 27 heavy (non-hydrogen) atoms. The second-order valence-corrected chi connectivity index (χ2v) is 8.62. The number of nitrogens with zero attached hydrogens (tertiary/aromatic N) is 1. The largest absolute Gasteiger partial charge is 0.302 e. The summed E-state index contributed by atoms with van der Waals surface area (Å²) < 4.78 is 26.7. The molecular formula is C18H16ClN3O3S2. The molecule has 0 saturated heterocycles. The van der Waals surface area contributed by atoms with Crippen LogP contribution in [-0.4, -0.2) is 25.9 Å². The zero-order valence-electron chi connectivity index (χ0n) is 14.1. The van der Waals surface area contributed by atoms with E-state index in [9.17, 15) is 13.2 Å². The molecule has 0 fully saturated rings. The van der Waals surface area contributed by atoms with Gasteiger partial charge in [-0.15, -0.1) is 11.3 Å². The van der Waals surface area contributed by atoms with Crippen molar-refractivity contribution in [3.63, 3.8) is 0 Å². The average molecular weight is 422 g/mol. The van der Waals surface area contributed by atoms with Gasteiger partial charge in [0, 0.05) is 28.9 Å². The lowest BCUT2D eigenvalue weighted by atomic mass is 10.2. The van der Waals surface area contributed by atoms with Gasteiger partial charge in [-0.1, -0.05) is 48.0 Å². The van der Waals surface area contributed by atoms with Crippen LogP contribution in [0.2, 0.25) is 5.02 Å². The summed E-state index contributed by atoms with van der Waals surface area (Å²) in [7, 11) is -3.71. The molecule has 3 rings (SSSR count). The number of rotatable bonds is 7. The summed E-state index contributed by atoms with van der Waals surface area (Å²) in [5.74, 6) is -0.322. The standard InChI is InChI=1S/C18H16ClN3O3S2/c19-14-7-4-8-15(11-14)27(24,25)20-10-9-17(23)22-18-21-16(12-26-18)13-5-2-1-3-6-13/h1-8,11-12,20H,9-10H2,(H,21,22,23). The molecule has 0 saturated carbocycles. The van der Waals surface area contributed by atoms with E-state index in [0.717, 1.165) is 11.3 Å². The van der Waals surface area contributed by atoms with Gasteiger partial charge in [-0.3, -0.25) is 4.79 Å². The van der Waals surface area contributed by atoms with Crippen LogP contribution in [-0.2, 0) is 14.8 Å². The summed E-state index contributed by atoms with van der Waals surface area (Å²) in [6.07, 6.45) is -0.0138. The van der Waals surface area contributed by atoms with Gasteiger partial charge < -0.3 is 5.32 Å². The smallest absolute Gasteiger partial charge is 0.240 e. The molecule has 1 heterocycles. The molecular weight excluding hydrogens is 406 g/mol. The number of halogens is 1. The number of sulfonamides is 1. The zero-order chi connectivity index (χ0) is 19.3. The average Bonchev–Trinajstić information content (AvgIpc) is 3.11. The summed E-state index contributed by atoms with van der Waals surface area (Å²) in [6.45, 7) is -0.0302. The Labute approximate surface area is 166 Å². The molecule has 0 radical (unpaired) electrons. The lowest BCUT2D eigenvalue weighted by Gasteiger charge is -2.07. The number of carbonyl (C=O) groups is 1. The molecule has 0 aliphatic carbocycles. The highest BCUT2D eigenvalue weighted by molar-refractivity contribution is 7.89. The van der Waals surface area contributed by atoms with Crippen molar-refractivity contribution < 1.29 is 13.2 Å². The summed E-state index contributed by atoms with van der Waals surface area (Å²) in [5, 5.41) is 5.33. The Hall–Kier alpha value is -2.26. The van der Waals surface area contributed by atoms with E-state index in [1.54, 1.807) is 12.1 Å². The number of nitrogens with one attached hydrogen (secondary N) is 2. The third-order valence-electron chi connectivity index (χ3n) is 3.57. The van der Waals surface area contributed by atoms with Gasteiger partial charge in [0.2, 0.25) is 15.9 Å². The van der Waals surface area contributed by atoms with Crippen molar-refractivity contribution >= 4 is 44.0 Å². The number of amides is 1. The van der Waals surface area contributed by atoms with E-state index in [4.69, 9.17) is 11.6 Å². The molecule has 140 valence electrons. The Morgan fingerprint density at radius 2 is 1.89 bits per heavy atom. The minimum Gasteiger partial charge on any atom is -0.302 e. The molecule has 6 nitrogen and oxygen atoms in total. The molecule has 0 aliphatic rings. The van der Waals surface area contributed by atoms with Gasteiger partial charge in [-0.2, -0.15) is 0 Å². The third kappa shape index (κ3) is 5.36. The summed E-state index contributed by atoms with van der Waals surface area (Å²) in [5.41, 5.74) is 1.74. The van der Waals surface area contributed by atoms with Crippen molar-refractivity contribution in [1.29, 1.82) is 0 Å². The van der Waals surface area contributed by atoms with Crippen LogP contribution in [0.3, 0.4) is 0 Å². The maximum Gasteiger partial charge on any atom is 0.240 e. The second-order valence-electron chi connectivity index (χ2n) is 5.56. The fourth-order valence-electron chi connectivity index (χ4n) is 2.27. The van der Waals surface area contributed by atoms with E-state index in [1.165, 1.54) is 23.5 Å². The van der Waals surface area contributed by atoms with Crippen LogP contribution >= 0.6 is 22.9 Å². The summed E-state index contributed by atoms with van der Waals surface area (Å²) in [4.78, 5) is 16.5. The molecule has 0 atom stereocenters. The van der Waals surface area contributed by atoms with Gasteiger partial charge in [0.1, 0.15) is 0 Å². The van der Waals surface area contributed by atoms with E-state index >= 15 is 0 Å². The number of hydrogen-bond donors (Lipinski definition) is 2. The van der Waals surface area contributed by atoms with Gasteiger partial charge in [-0.05, 0) is 18.2 Å². The topological polar surface area (TPSA) is 88.2 Å². The maximum atomic E-state index is 12.2. The molecule has 0 spiro atoms. The molecule has 9 heteroatoms. The number of hydrogen-bond acceptors (Lipinski definition) is 5. The SMILES string of the molecule is O=C(CCNS(=O)(=O)c1cccc(Cl)c1)Nc1nc(-c2ccccc2)cs1. The number of thiazole rings is 1. The van der Waals surface area contributed by atoms with Crippen molar-refractivity contribution in [1.82, 2.24) is 9.71 Å². The first kappa shape index (κ1) is 19.5. The van der Waals surface area contributed by atoms with Crippen LogP contribution in [0.25, 0.3) is 11.3 Å². The number of aromatic nitrogens is 1. The Kier molecular flexibility index (Phi) is 6.22. The minimum atomic E-state index is -3.71. The van der Waals surface area contributed by atoms with Crippen LogP contribution in [0, 0.1) is 0 Å². The van der Waals surface area contributed by atoms with Gasteiger partial charge >= 0.3 is 0 Å². The lowest BCUT2D eigenvalue weighted by Crippen LogP contribution is -2.27. The Morgan fingerprint density at radius 3 is 2.63 bits per heavy atom. The summed E-state index contributed by atoms with van der Waals surface area (Å²) in [6, 6.07) is 15.6. The van der Waals surface area contributed by atoms with E-state index < -0.39 is 10.0 Å². The predicted molar refractivity (Wildman–Crippen MR) is 107 cm³/mol. The highest BCUT2D eigenvalue weighted by Crippen LogP contribution is 2.24. The van der Waals surface area contributed by atoms with E-state index in [1.807, 2.05) is 35.7 Å². The molecule has 0 bridgehead atoms. The van der Waals surface area contributed by atoms with Crippen LogP contribution in [0.1, 0.15) is 6.42 Å². The molecule has 0 unspecified atom stereocenters. The van der Waals surface area contributed by atoms with Gasteiger partial charge in [0.05, 0.1) is 10.6 Å². The highest BCUT2D eigenvalue weighted by atomic mass is 35.5. The Bertz CT molecular complexity index is 1040. The minimum absolute atomic E-state index is 0.0138. The molecule has 1 aromatic heterocycles.